The van der Waals surface area contributed by atoms with E-state index in [1.165, 1.54) is 17.3 Å². The Morgan fingerprint density at radius 2 is 2.10 bits per heavy atom. The van der Waals surface area contributed by atoms with Crippen molar-refractivity contribution in [1.29, 1.82) is 0 Å². The molecule has 1 aliphatic carbocycles. The van der Waals surface area contributed by atoms with Crippen LogP contribution in [-0.2, 0) is 9.53 Å². The Bertz CT molecular complexity index is 916. The molecule has 2 fully saturated rings. The number of rotatable bonds is 5. The van der Waals surface area contributed by atoms with Gasteiger partial charge in [-0.1, -0.05) is 30.3 Å². The number of hydrogen-bond acceptors (Lipinski definition) is 6. The van der Waals surface area contributed by atoms with Gasteiger partial charge in [0.15, 0.2) is 5.16 Å². The minimum Gasteiger partial charge on any atom is -0.393 e. The molecule has 1 saturated heterocycles. The van der Waals surface area contributed by atoms with Crippen molar-refractivity contribution in [2.24, 2.45) is 5.92 Å². The molecule has 1 N–H and O–H groups in total. The van der Waals surface area contributed by atoms with Crippen LogP contribution in [0.25, 0.3) is 5.69 Å². The molecule has 3 unspecified atom stereocenters. The Kier molecular flexibility index (Phi) is 6.46. The van der Waals surface area contributed by atoms with Gasteiger partial charge in [-0.3, -0.25) is 9.36 Å². The number of aryl methyl sites for hydroxylation is 3. The summed E-state index contributed by atoms with van der Waals surface area (Å²) in [6.45, 7) is 7.70. The van der Waals surface area contributed by atoms with Gasteiger partial charge in [-0.25, -0.2) is 0 Å². The standard InChI is InChI=1S/C22H30N4O3S/c1-14-7-8-15(2)18(11-14)26-16(3)23-24-22(26)30-13-21(28)25-9-10-29-12-19(25)17-5-4-6-20(17)27/h7-8,11,17,19-20,27H,4-6,9-10,12-13H2,1-3H3. The van der Waals surface area contributed by atoms with Gasteiger partial charge in [-0.05, 0) is 50.8 Å². The summed E-state index contributed by atoms with van der Waals surface area (Å²) in [5, 5.41) is 19.6. The van der Waals surface area contributed by atoms with Gasteiger partial charge in [0.05, 0.1) is 36.8 Å². The topological polar surface area (TPSA) is 80.5 Å². The van der Waals surface area contributed by atoms with Crippen LogP contribution in [0.15, 0.2) is 23.4 Å². The Morgan fingerprint density at radius 3 is 2.87 bits per heavy atom. The number of aliphatic hydroxyl groups is 1. The number of carbonyl (C=O) groups is 1. The molecule has 0 bridgehead atoms. The van der Waals surface area contributed by atoms with E-state index in [-0.39, 0.29) is 24.0 Å². The molecule has 1 aliphatic heterocycles. The molecule has 2 heterocycles. The lowest BCUT2D eigenvalue weighted by atomic mass is 9.94. The lowest BCUT2D eigenvalue weighted by Crippen LogP contribution is -2.54. The number of aliphatic hydroxyl groups excluding tert-OH is 1. The summed E-state index contributed by atoms with van der Waals surface area (Å²) in [4.78, 5) is 15.0. The van der Waals surface area contributed by atoms with E-state index >= 15 is 0 Å². The number of ether oxygens (including phenoxy) is 1. The molecule has 0 spiro atoms. The number of amides is 1. The molecule has 0 radical (unpaired) electrons. The molecule has 1 aromatic heterocycles. The molecule has 30 heavy (non-hydrogen) atoms. The second-order valence-electron chi connectivity index (χ2n) is 8.34. The fourth-order valence-electron chi connectivity index (χ4n) is 4.59. The predicted molar refractivity (Wildman–Crippen MR) is 116 cm³/mol. The first-order valence-electron chi connectivity index (χ1n) is 10.6. The normalized spacial score (nSPS) is 24.4. The van der Waals surface area contributed by atoms with Gasteiger partial charge < -0.3 is 14.7 Å². The van der Waals surface area contributed by atoms with Crippen molar-refractivity contribution in [3.8, 4) is 5.69 Å². The zero-order valence-electron chi connectivity index (χ0n) is 17.9. The summed E-state index contributed by atoms with van der Waals surface area (Å²) >= 11 is 1.42. The fraction of sp³-hybridized carbons (Fsp3) is 0.591. The predicted octanol–water partition coefficient (Wildman–Crippen LogP) is 2.67. The van der Waals surface area contributed by atoms with E-state index in [9.17, 15) is 9.90 Å². The van der Waals surface area contributed by atoms with E-state index < -0.39 is 0 Å². The molecule has 8 heteroatoms. The van der Waals surface area contributed by atoms with Gasteiger partial charge in [0.1, 0.15) is 5.82 Å². The summed E-state index contributed by atoms with van der Waals surface area (Å²) < 4.78 is 7.68. The summed E-state index contributed by atoms with van der Waals surface area (Å²) in [5.74, 6) is 1.28. The van der Waals surface area contributed by atoms with E-state index in [2.05, 4.69) is 42.2 Å². The Morgan fingerprint density at radius 1 is 1.27 bits per heavy atom. The third kappa shape index (κ3) is 4.26. The minimum absolute atomic E-state index is 0.0389. The first kappa shape index (κ1) is 21.3. The van der Waals surface area contributed by atoms with E-state index in [1.807, 2.05) is 16.4 Å². The molecule has 162 valence electrons. The first-order valence-corrected chi connectivity index (χ1v) is 11.6. The van der Waals surface area contributed by atoms with Crippen molar-refractivity contribution in [3.05, 3.63) is 35.2 Å². The fourth-order valence-corrected chi connectivity index (χ4v) is 5.46. The Balaban J connectivity index is 1.49. The van der Waals surface area contributed by atoms with Gasteiger partial charge in [0, 0.05) is 12.5 Å². The van der Waals surface area contributed by atoms with Crippen LogP contribution in [0.4, 0.5) is 0 Å². The number of nitrogens with zero attached hydrogens (tertiary/aromatic N) is 4. The molecule has 3 atom stereocenters. The lowest BCUT2D eigenvalue weighted by Gasteiger charge is -2.40. The highest BCUT2D eigenvalue weighted by atomic mass is 32.2. The van der Waals surface area contributed by atoms with E-state index in [1.54, 1.807) is 0 Å². The van der Waals surface area contributed by atoms with Crippen LogP contribution >= 0.6 is 11.8 Å². The molecule has 2 aromatic rings. The maximum atomic E-state index is 13.1. The number of morpholine rings is 1. The maximum Gasteiger partial charge on any atom is 0.233 e. The van der Waals surface area contributed by atoms with Crippen LogP contribution in [0.2, 0.25) is 0 Å². The van der Waals surface area contributed by atoms with Crippen LogP contribution in [0.5, 0.6) is 0 Å². The van der Waals surface area contributed by atoms with Crippen LogP contribution in [0.1, 0.15) is 36.2 Å². The zero-order chi connectivity index (χ0) is 21.3. The lowest BCUT2D eigenvalue weighted by molar-refractivity contribution is -0.141. The van der Waals surface area contributed by atoms with E-state index in [0.717, 1.165) is 41.5 Å². The van der Waals surface area contributed by atoms with Gasteiger partial charge in [-0.15, -0.1) is 10.2 Å². The van der Waals surface area contributed by atoms with Crippen molar-refractivity contribution >= 4 is 17.7 Å². The average molecular weight is 431 g/mol. The highest BCUT2D eigenvalue weighted by molar-refractivity contribution is 7.99. The van der Waals surface area contributed by atoms with Crippen molar-refractivity contribution in [3.63, 3.8) is 0 Å². The van der Waals surface area contributed by atoms with Crippen LogP contribution in [0.3, 0.4) is 0 Å². The third-order valence-electron chi connectivity index (χ3n) is 6.24. The van der Waals surface area contributed by atoms with E-state index in [0.29, 0.717) is 25.5 Å². The first-order chi connectivity index (χ1) is 14.5. The molecule has 1 aromatic carbocycles. The van der Waals surface area contributed by atoms with Crippen molar-refractivity contribution < 1.29 is 14.6 Å². The number of carbonyl (C=O) groups excluding carboxylic acids is 1. The molecule has 1 amide bonds. The van der Waals surface area contributed by atoms with Crippen LogP contribution in [-0.4, -0.2) is 68.3 Å². The van der Waals surface area contributed by atoms with Gasteiger partial charge in [0.2, 0.25) is 5.91 Å². The number of thioether (sulfide) groups is 1. The highest BCUT2D eigenvalue weighted by Crippen LogP contribution is 2.33. The molecule has 4 rings (SSSR count). The number of benzene rings is 1. The molecule has 2 aliphatic rings. The summed E-state index contributed by atoms with van der Waals surface area (Å²) in [5.41, 5.74) is 3.35. The molecular weight excluding hydrogens is 400 g/mol. The Hall–Kier alpha value is -1.90. The maximum absolute atomic E-state index is 13.1. The smallest absolute Gasteiger partial charge is 0.233 e. The van der Waals surface area contributed by atoms with E-state index in [4.69, 9.17) is 4.74 Å². The molecule has 1 saturated carbocycles. The largest absolute Gasteiger partial charge is 0.393 e. The number of aromatic nitrogens is 3. The Labute approximate surface area is 181 Å². The van der Waals surface area contributed by atoms with Gasteiger partial charge in [-0.2, -0.15) is 0 Å². The molecular formula is C22H30N4O3S. The number of hydrogen-bond donors (Lipinski definition) is 1. The second-order valence-corrected chi connectivity index (χ2v) is 9.28. The SMILES string of the molecule is Cc1ccc(C)c(-n2c(C)nnc2SCC(=O)N2CCOCC2C2CCCC2O)c1. The summed E-state index contributed by atoms with van der Waals surface area (Å²) in [6.07, 6.45) is 2.44. The van der Waals surface area contributed by atoms with Gasteiger partial charge in [0.25, 0.3) is 0 Å². The summed E-state index contributed by atoms with van der Waals surface area (Å²) in [7, 11) is 0. The zero-order valence-corrected chi connectivity index (χ0v) is 18.7. The van der Waals surface area contributed by atoms with Gasteiger partial charge >= 0.3 is 0 Å². The molecule has 7 nitrogen and oxygen atoms in total. The third-order valence-corrected chi connectivity index (χ3v) is 7.15. The van der Waals surface area contributed by atoms with Crippen molar-refractivity contribution in [1.82, 2.24) is 19.7 Å². The van der Waals surface area contributed by atoms with Crippen molar-refractivity contribution in [2.45, 2.75) is 57.3 Å². The average Bonchev–Trinajstić information content (AvgIpc) is 3.33. The monoisotopic (exact) mass is 430 g/mol. The van der Waals surface area contributed by atoms with Crippen molar-refractivity contribution in [2.75, 3.05) is 25.5 Å². The summed E-state index contributed by atoms with van der Waals surface area (Å²) in [6, 6.07) is 6.26. The van der Waals surface area contributed by atoms with Crippen LogP contribution in [0, 0.1) is 26.7 Å². The highest BCUT2D eigenvalue weighted by Gasteiger charge is 2.39. The minimum atomic E-state index is -0.338. The quantitative estimate of drug-likeness (QED) is 0.735. The second kappa shape index (κ2) is 9.08. The van der Waals surface area contributed by atoms with Crippen LogP contribution < -0.4 is 0 Å².